The summed E-state index contributed by atoms with van der Waals surface area (Å²) in [5.74, 6) is -1.19. The number of benzene rings is 1. The molecule has 0 spiro atoms. The standard InChI is InChI=1S/C20H27N3O5/c21-6-1-8-27-10-11-28-9-7-22-14-2-5-18-16(12-14)19(24)17(20(25)26)13-23(18)15-3-4-15/h2,5,12-13,15,22H,1,3-4,6-11,21H2,(H,25,26). The van der Waals surface area contributed by atoms with Crippen molar-refractivity contribution in [2.45, 2.75) is 25.3 Å². The number of nitrogens with two attached hydrogens (primary N) is 1. The van der Waals surface area contributed by atoms with Crippen molar-refractivity contribution in [3.05, 3.63) is 40.2 Å². The lowest BCUT2D eigenvalue weighted by Crippen LogP contribution is -2.19. The van der Waals surface area contributed by atoms with Gasteiger partial charge < -0.3 is 30.2 Å². The molecule has 0 atom stereocenters. The summed E-state index contributed by atoms with van der Waals surface area (Å²) in [6, 6.07) is 5.77. The summed E-state index contributed by atoms with van der Waals surface area (Å²) in [6.45, 7) is 3.39. The number of pyridine rings is 1. The van der Waals surface area contributed by atoms with Gasteiger partial charge in [-0.15, -0.1) is 0 Å². The molecule has 28 heavy (non-hydrogen) atoms. The Morgan fingerprint density at radius 2 is 1.96 bits per heavy atom. The van der Waals surface area contributed by atoms with E-state index in [4.69, 9.17) is 15.2 Å². The van der Waals surface area contributed by atoms with Crippen LogP contribution in [-0.4, -0.2) is 55.2 Å². The minimum atomic E-state index is -1.19. The van der Waals surface area contributed by atoms with E-state index in [1.807, 2.05) is 16.7 Å². The number of hydrogen-bond acceptors (Lipinski definition) is 6. The van der Waals surface area contributed by atoms with E-state index in [0.29, 0.717) is 44.9 Å². The predicted octanol–water partition coefficient (Wildman–Crippen LogP) is 1.83. The molecule has 0 saturated heterocycles. The molecule has 1 heterocycles. The zero-order valence-corrected chi connectivity index (χ0v) is 15.9. The molecular weight excluding hydrogens is 362 g/mol. The van der Waals surface area contributed by atoms with Crippen LogP contribution in [0.25, 0.3) is 10.9 Å². The molecule has 0 bridgehead atoms. The number of ether oxygens (including phenoxy) is 2. The van der Waals surface area contributed by atoms with Crippen LogP contribution in [0.4, 0.5) is 5.69 Å². The Balaban J connectivity index is 1.60. The minimum absolute atomic E-state index is 0.186. The van der Waals surface area contributed by atoms with Crippen LogP contribution in [0, 0.1) is 0 Å². The van der Waals surface area contributed by atoms with Crippen molar-refractivity contribution < 1.29 is 19.4 Å². The van der Waals surface area contributed by atoms with Crippen LogP contribution in [-0.2, 0) is 9.47 Å². The van der Waals surface area contributed by atoms with E-state index in [9.17, 15) is 14.7 Å². The van der Waals surface area contributed by atoms with E-state index in [0.717, 1.165) is 30.5 Å². The maximum absolute atomic E-state index is 12.6. The first kappa shape index (κ1) is 20.3. The third-order valence-electron chi connectivity index (χ3n) is 4.64. The third-order valence-corrected chi connectivity index (χ3v) is 4.64. The molecule has 0 aliphatic heterocycles. The Bertz CT molecular complexity index is 876. The molecule has 1 fully saturated rings. The smallest absolute Gasteiger partial charge is 0.341 e. The number of rotatable bonds is 12. The summed E-state index contributed by atoms with van der Waals surface area (Å²) in [5.41, 5.74) is 6.29. The first-order valence-electron chi connectivity index (χ1n) is 9.63. The van der Waals surface area contributed by atoms with Crippen LogP contribution >= 0.6 is 0 Å². The van der Waals surface area contributed by atoms with Gasteiger partial charge in [0.15, 0.2) is 0 Å². The number of aromatic carboxylic acids is 1. The molecule has 152 valence electrons. The fourth-order valence-corrected chi connectivity index (χ4v) is 3.05. The van der Waals surface area contributed by atoms with E-state index in [-0.39, 0.29) is 11.6 Å². The van der Waals surface area contributed by atoms with Gasteiger partial charge in [0.1, 0.15) is 5.56 Å². The molecule has 1 saturated carbocycles. The molecule has 4 N–H and O–H groups in total. The average molecular weight is 389 g/mol. The fraction of sp³-hybridized carbons (Fsp3) is 0.500. The summed E-state index contributed by atoms with van der Waals surface area (Å²) < 4.78 is 12.8. The molecule has 1 aromatic carbocycles. The Morgan fingerprint density at radius 1 is 1.21 bits per heavy atom. The van der Waals surface area contributed by atoms with Crippen molar-refractivity contribution >= 4 is 22.6 Å². The number of carboxylic acids is 1. The van der Waals surface area contributed by atoms with Gasteiger partial charge in [-0.25, -0.2) is 4.79 Å². The third kappa shape index (κ3) is 5.09. The van der Waals surface area contributed by atoms with E-state index in [2.05, 4.69) is 5.32 Å². The molecule has 0 amide bonds. The molecule has 8 heteroatoms. The maximum atomic E-state index is 12.6. The second kappa shape index (κ2) is 9.68. The largest absolute Gasteiger partial charge is 0.477 e. The lowest BCUT2D eigenvalue weighted by atomic mass is 10.1. The number of aromatic nitrogens is 1. The van der Waals surface area contributed by atoms with Crippen LogP contribution in [0.1, 0.15) is 35.7 Å². The Morgan fingerprint density at radius 3 is 2.64 bits per heavy atom. The monoisotopic (exact) mass is 389 g/mol. The summed E-state index contributed by atoms with van der Waals surface area (Å²) in [4.78, 5) is 24.0. The van der Waals surface area contributed by atoms with E-state index < -0.39 is 11.4 Å². The maximum Gasteiger partial charge on any atom is 0.341 e. The number of nitrogens with one attached hydrogen (secondary N) is 1. The van der Waals surface area contributed by atoms with Gasteiger partial charge in [0.2, 0.25) is 5.43 Å². The highest BCUT2D eigenvalue weighted by Crippen LogP contribution is 2.37. The molecule has 3 rings (SSSR count). The second-order valence-electron chi connectivity index (χ2n) is 6.84. The highest BCUT2D eigenvalue weighted by molar-refractivity contribution is 5.93. The van der Waals surface area contributed by atoms with Crippen molar-refractivity contribution in [3.63, 3.8) is 0 Å². The van der Waals surface area contributed by atoms with Gasteiger partial charge in [-0.1, -0.05) is 0 Å². The molecule has 1 aliphatic carbocycles. The average Bonchev–Trinajstić information content (AvgIpc) is 3.52. The lowest BCUT2D eigenvalue weighted by molar-refractivity contribution is 0.0513. The molecule has 8 nitrogen and oxygen atoms in total. The van der Waals surface area contributed by atoms with Crippen LogP contribution in [0.15, 0.2) is 29.2 Å². The molecule has 2 aromatic rings. The van der Waals surface area contributed by atoms with Crippen molar-refractivity contribution in [2.75, 3.05) is 44.8 Å². The molecule has 1 aliphatic rings. The molecule has 0 radical (unpaired) electrons. The van der Waals surface area contributed by atoms with Crippen LogP contribution in [0.2, 0.25) is 0 Å². The Hall–Kier alpha value is -2.42. The van der Waals surface area contributed by atoms with Crippen molar-refractivity contribution in [1.29, 1.82) is 0 Å². The Kier molecular flexibility index (Phi) is 7.02. The highest BCUT2D eigenvalue weighted by atomic mass is 16.5. The zero-order valence-electron chi connectivity index (χ0n) is 15.9. The van der Waals surface area contributed by atoms with Gasteiger partial charge >= 0.3 is 5.97 Å². The second-order valence-corrected chi connectivity index (χ2v) is 6.84. The molecular formula is C20H27N3O5. The number of carboxylic acid groups (broad SMARTS) is 1. The number of nitrogens with zero attached hydrogens (tertiary/aromatic N) is 1. The van der Waals surface area contributed by atoms with Gasteiger partial charge in [0, 0.05) is 36.5 Å². The highest BCUT2D eigenvalue weighted by Gasteiger charge is 2.26. The summed E-state index contributed by atoms with van der Waals surface area (Å²) in [6.07, 6.45) is 4.32. The first-order chi connectivity index (χ1) is 13.6. The quantitative estimate of drug-likeness (QED) is 0.474. The zero-order chi connectivity index (χ0) is 19.9. The van der Waals surface area contributed by atoms with Crippen LogP contribution in [0.5, 0.6) is 0 Å². The van der Waals surface area contributed by atoms with Crippen molar-refractivity contribution in [3.8, 4) is 0 Å². The molecule has 1 aromatic heterocycles. The normalized spacial score (nSPS) is 13.8. The van der Waals surface area contributed by atoms with Crippen LogP contribution in [0.3, 0.4) is 0 Å². The minimum Gasteiger partial charge on any atom is -0.477 e. The Labute approximate surface area is 163 Å². The summed E-state index contributed by atoms with van der Waals surface area (Å²) in [5, 5.41) is 13.0. The van der Waals surface area contributed by atoms with E-state index >= 15 is 0 Å². The summed E-state index contributed by atoms with van der Waals surface area (Å²) in [7, 11) is 0. The number of anilines is 1. The fourth-order valence-electron chi connectivity index (χ4n) is 3.05. The van der Waals surface area contributed by atoms with E-state index in [1.165, 1.54) is 6.20 Å². The van der Waals surface area contributed by atoms with E-state index in [1.54, 1.807) is 6.07 Å². The SMILES string of the molecule is NCCCOCCOCCNc1ccc2c(c1)c(=O)c(C(=O)O)cn2C1CC1. The number of carbonyl (C=O) groups is 1. The molecule has 0 unspecified atom stereocenters. The predicted molar refractivity (Wildman–Crippen MR) is 107 cm³/mol. The number of fused-ring (bicyclic) bond motifs is 1. The topological polar surface area (TPSA) is 116 Å². The van der Waals surface area contributed by atoms with Gasteiger partial charge in [0.25, 0.3) is 0 Å². The van der Waals surface area contributed by atoms with Crippen molar-refractivity contribution in [1.82, 2.24) is 4.57 Å². The van der Waals surface area contributed by atoms with Gasteiger partial charge in [-0.2, -0.15) is 0 Å². The van der Waals surface area contributed by atoms with Gasteiger partial charge in [-0.05, 0) is 44.0 Å². The van der Waals surface area contributed by atoms with Crippen LogP contribution < -0.4 is 16.5 Å². The van der Waals surface area contributed by atoms with Gasteiger partial charge in [-0.3, -0.25) is 4.79 Å². The first-order valence-corrected chi connectivity index (χ1v) is 9.63. The van der Waals surface area contributed by atoms with Gasteiger partial charge in [0.05, 0.1) is 25.3 Å². The van der Waals surface area contributed by atoms with Crippen molar-refractivity contribution in [2.24, 2.45) is 5.73 Å². The lowest BCUT2D eigenvalue weighted by Gasteiger charge is -2.13. The number of hydrogen-bond donors (Lipinski definition) is 3. The summed E-state index contributed by atoms with van der Waals surface area (Å²) >= 11 is 0.